The van der Waals surface area contributed by atoms with Crippen LogP contribution in [0.5, 0.6) is 0 Å². The number of hydrogen-bond donors (Lipinski definition) is 2. The van der Waals surface area contributed by atoms with Crippen LogP contribution in [0.15, 0.2) is 10.9 Å². The molecule has 5 nitrogen and oxygen atoms in total. The lowest BCUT2D eigenvalue weighted by molar-refractivity contribution is 0.0490. The molecule has 1 fully saturated rings. The number of alkyl carbamates (subject to hydrolysis) is 1. The first-order valence-corrected chi connectivity index (χ1v) is 8.96. The average Bonchev–Trinajstić information content (AvgIpc) is 2.92. The van der Waals surface area contributed by atoms with Crippen molar-refractivity contribution in [1.82, 2.24) is 15.6 Å². The number of amides is 1. The minimum atomic E-state index is -0.432. The molecule has 22 heavy (non-hydrogen) atoms. The third-order valence-electron chi connectivity index (χ3n) is 3.75. The van der Waals surface area contributed by atoms with Gasteiger partial charge in [0.1, 0.15) is 5.60 Å². The molecule has 1 aromatic heterocycles. The summed E-state index contributed by atoms with van der Waals surface area (Å²) in [5.41, 5.74) is 2.61. The van der Waals surface area contributed by atoms with Crippen molar-refractivity contribution in [3.05, 3.63) is 16.6 Å². The van der Waals surface area contributed by atoms with E-state index >= 15 is 0 Å². The Bertz CT molecular complexity index is 448. The topological polar surface area (TPSA) is 63.2 Å². The van der Waals surface area contributed by atoms with Gasteiger partial charge in [-0.2, -0.15) is 0 Å². The van der Waals surface area contributed by atoms with Crippen molar-refractivity contribution in [1.29, 1.82) is 0 Å². The minimum absolute atomic E-state index is 0.242. The molecular formula is C16H27N3O2S. The lowest BCUT2D eigenvalue weighted by Crippen LogP contribution is -2.44. The van der Waals surface area contributed by atoms with Crippen molar-refractivity contribution in [3.8, 4) is 0 Å². The Morgan fingerprint density at radius 1 is 1.32 bits per heavy atom. The van der Waals surface area contributed by atoms with Gasteiger partial charge in [-0.25, -0.2) is 9.78 Å². The van der Waals surface area contributed by atoms with Crippen LogP contribution in [-0.2, 0) is 11.2 Å². The summed E-state index contributed by atoms with van der Waals surface area (Å²) in [6, 6.07) is 0.793. The van der Waals surface area contributed by atoms with Gasteiger partial charge in [0.2, 0.25) is 0 Å². The van der Waals surface area contributed by atoms with E-state index in [2.05, 4.69) is 21.0 Å². The molecule has 0 unspecified atom stereocenters. The highest BCUT2D eigenvalue weighted by Crippen LogP contribution is 2.19. The van der Waals surface area contributed by atoms with E-state index in [1.54, 1.807) is 11.3 Å². The van der Waals surface area contributed by atoms with Gasteiger partial charge in [-0.1, -0.05) is 0 Å². The zero-order valence-electron chi connectivity index (χ0n) is 13.7. The number of rotatable bonds is 5. The van der Waals surface area contributed by atoms with Crippen LogP contribution in [0.2, 0.25) is 0 Å². The fraction of sp³-hybridized carbons (Fsp3) is 0.750. The summed E-state index contributed by atoms with van der Waals surface area (Å²) in [6.07, 6.45) is 4.89. The highest BCUT2D eigenvalue weighted by Gasteiger charge is 2.24. The minimum Gasteiger partial charge on any atom is -0.444 e. The van der Waals surface area contributed by atoms with Crippen molar-refractivity contribution in [2.24, 2.45) is 0 Å². The Kier molecular flexibility index (Phi) is 6.20. The molecule has 0 bridgehead atoms. The molecule has 2 rings (SSSR count). The van der Waals surface area contributed by atoms with Crippen LogP contribution in [0.3, 0.4) is 0 Å². The van der Waals surface area contributed by atoms with Crippen molar-refractivity contribution in [2.45, 2.75) is 70.6 Å². The van der Waals surface area contributed by atoms with Crippen molar-refractivity contribution in [2.75, 3.05) is 6.54 Å². The first-order valence-electron chi connectivity index (χ1n) is 8.02. The quantitative estimate of drug-likeness (QED) is 0.873. The Labute approximate surface area is 136 Å². The van der Waals surface area contributed by atoms with E-state index < -0.39 is 5.60 Å². The molecule has 0 aliphatic heterocycles. The smallest absolute Gasteiger partial charge is 0.407 e. The first kappa shape index (κ1) is 17.2. The highest BCUT2D eigenvalue weighted by molar-refractivity contribution is 7.07. The molecule has 6 heteroatoms. The third kappa shape index (κ3) is 6.32. The molecule has 0 atom stereocenters. The summed E-state index contributed by atoms with van der Waals surface area (Å²) in [7, 11) is 0. The summed E-state index contributed by atoms with van der Waals surface area (Å²) in [4.78, 5) is 16.0. The zero-order chi connectivity index (χ0) is 16.0. The molecule has 2 N–H and O–H groups in total. The van der Waals surface area contributed by atoms with E-state index in [0.717, 1.165) is 44.3 Å². The number of ether oxygens (including phenoxy) is 1. The predicted octanol–water partition coefficient (Wildman–Crippen LogP) is 3.11. The largest absolute Gasteiger partial charge is 0.444 e. The molecule has 0 aromatic carbocycles. The molecule has 0 spiro atoms. The van der Waals surface area contributed by atoms with Crippen LogP contribution in [0.25, 0.3) is 0 Å². The second-order valence-corrected chi connectivity index (χ2v) is 7.60. The highest BCUT2D eigenvalue weighted by atomic mass is 32.1. The van der Waals surface area contributed by atoms with Gasteiger partial charge in [0.25, 0.3) is 0 Å². The number of thiazole rings is 1. The Balaban J connectivity index is 1.60. The fourth-order valence-corrected chi connectivity index (χ4v) is 3.27. The standard InChI is InChI=1S/C16H27N3O2S/c1-16(2,3)21-15(20)19-13-6-4-12(5-7-13)17-9-8-14-10-22-11-18-14/h10-13,17H,4-9H2,1-3H3,(H,19,20). The second kappa shape index (κ2) is 7.92. The number of nitrogens with one attached hydrogen (secondary N) is 2. The summed E-state index contributed by atoms with van der Waals surface area (Å²) >= 11 is 1.64. The average molecular weight is 325 g/mol. The SMILES string of the molecule is CC(C)(C)OC(=O)NC1CCC(NCCc2cscn2)CC1. The first-order chi connectivity index (χ1) is 10.4. The summed E-state index contributed by atoms with van der Waals surface area (Å²) < 4.78 is 5.30. The number of hydrogen-bond acceptors (Lipinski definition) is 5. The van der Waals surface area contributed by atoms with Gasteiger partial charge in [-0.15, -0.1) is 11.3 Å². The van der Waals surface area contributed by atoms with Crippen LogP contribution in [0.1, 0.15) is 52.1 Å². The molecule has 124 valence electrons. The fourth-order valence-electron chi connectivity index (χ4n) is 2.68. The number of nitrogens with zero attached hydrogens (tertiary/aromatic N) is 1. The second-order valence-electron chi connectivity index (χ2n) is 6.88. The molecule has 1 aliphatic rings. The molecule has 1 amide bonds. The van der Waals surface area contributed by atoms with Gasteiger partial charge in [-0.3, -0.25) is 0 Å². The number of carbonyl (C=O) groups is 1. The maximum absolute atomic E-state index is 11.8. The third-order valence-corrected chi connectivity index (χ3v) is 4.38. The van der Waals surface area contributed by atoms with Crippen LogP contribution in [0, 0.1) is 0 Å². The Morgan fingerprint density at radius 3 is 2.59 bits per heavy atom. The van der Waals surface area contributed by atoms with Crippen molar-refractivity contribution >= 4 is 17.4 Å². The normalized spacial score (nSPS) is 22.3. The predicted molar refractivity (Wildman–Crippen MR) is 89.2 cm³/mol. The van der Waals surface area contributed by atoms with E-state index in [-0.39, 0.29) is 12.1 Å². The molecule has 1 aliphatic carbocycles. The lowest BCUT2D eigenvalue weighted by Gasteiger charge is -2.30. The molecule has 0 saturated heterocycles. The number of aromatic nitrogens is 1. The van der Waals surface area contributed by atoms with Crippen LogP contribution < -0.4 is 10.6 Å². The molecule has 1 aromatic rings. The number of carbonyl (C=O) groups excluding carboxylic acids is 1. The van der Waals surface area contributed by atoms with E-state index in [9.17, 15) is 4.79 Å². The molecule has 1 saturated carbocycles. The van der Waals surface area contributed by atoms with Crippen molar-refractivity contribution < 1.29 is 9.53 Å². The summed E-state index contributed by atoms with van der Waals surface area (Å²) in [5, 5.41) is 8.67. The maximum atomic E-state index is 11.8. The van der Waals surface area contributed by atoms with Gasteiger partial charge in [-0.05, 0) is 46.5 Å². The lowest BCUT2D eigenvalue weighted by atomic mass is 9.91. The zero-order valence-corrected chi connectivity index (χ0v) is 14.5. The summed E-state index contributed by atoms with van der Waals surface area (Å²) in [6.45, 7) is 6.62. The van der Waals surface area contributed by atoms with Crippen molar-refractivity contribution in [3.63, 3.8) is 0 Å². The molecular weight excluding hydrogens is 298 g/mol. The van der Waals surface area contributed by atoms with Gasteiger partial charge < -0.3 is 15.4 Å². The molecule has 1 heterocycles. The van der Waals surface area contributed by atoms with E-state index in [0.29, 0.717) is 6.04 Å². The van der Waals surface area contributed by atoms with E-state index in [1.807, 2.05) is 26.3 Å². The Morgan fingerprint density at radius 2 is 2.00 bits per heavy atom. The maximum Gasteiger partial charge on any atom is 0.407 e. The van der Waals surface area contributed by atoms with E-state index in [4.69, 9.17) is 4.74 Å². The van der Waals surface area contributed by atoms with Gasteiger partial charge in [0, 0.05) is 30.4 Å². The Hall–Kier alpha value is -1.14. The van der Waals surface area contributed by atoms with Crippen LogP contribution in [-0.4, -0.2) is 35.3 Å². The van der Waals surface area contributed by atoms with E-state index in [1.165, 1.54) is 0 Å². The monoisotopic (exact) mass is 325 g/mol. The van der Waals surface area contributed by atoms with Crippen LogP contribution >= 0.6 is 11.3 Å². The van der Waals surface area contributed by atoms with Gasteiger partial charge >= 0.3 is 6.09 Å². The van der Waals surface area contributed by atoms with Gasteiger partial charge in [0.15, 0.2) is 0 Å². The van der Waals surface area contributed by atoms with Gasteiger partial charge in [0.05, 0.1) is 11.2 Å². The summed E-state index contributed by atoms with van der Waals surface area (Å²) in [5.74, 6) is 0. The van der Waals surface area contributed by atoms with Crippen LogP contribution in [0.4, 0.5) is 4.79 Å². The molecule has 0 radical (unpaired) electrons.